The van der Waals surface area contributed by atoms with E-state index in [2.05, 4.69) is 9.97 Å². The fourth-order valence-corrected chi connectivity index (χ4v) is 3.82. The number of ether oxygens (including phenoxy) is 1. The number of aromatic nitrogens is 3. The van der Waals surface area contributed by atoms with Crippen molar-refractivity contribution in [1.82, 2.24) is 14.5 Å². The number of nitrogens with zero attached hydrogens (tertiary/aromatic N) is 4. The first-order valence-electron chi connectivity index (χ1n) is 9.90. The van der Waals surface area contributed by atoms with E-state index in [0.29, 0.717) is 16.3 Å². The van der Waals surface area contributed by atoms with Gasteiger partial charge in [-0.1, -0.05) is 29.3 Å². The highest BCUT2D eigenvalue weighted by Gasteiger charge is 2.36. The molecule has 176 valence electrons. The van der Waals surface area contributed by atoms with Crippen LogP contribution in [-0.2, 0) is 12.7 Å². The highest BCUT2D eigenvalue weighted by Crippen LogP contribution is 2.34. The summed E-state index contributed by atoms with van der Waals surface area (Å²) >= 11 is 12.2. The van der Waals surface area contributed by atoms with Crippen LogP contribution in [0.2, 0.25) is 10.0 Å². The van der Waals surface area contributed by atoms with E-state index in [1.165, 1.54) is 55.0 Å². The maximum atomic E-state index is 13.7. The monoisotopic (exact) mass is 516 g/mol. The standard InChI is InChI=1S/C24H13Cl2F3N4O2/c25-16-4-1-15(20(26)9-16)13-33-21(10-19(24(27,28)29)18(11-30)23(33)34)14-2-5-17(6-3-14)35-22-12-31-7-8-32-22/h1-10,12H,13H2. The van der Waals surface area contributed by atoms with Crippen molar-refractivity contribution in [1.29, 1.82) is 5.26 Å². The van der Waals surface area contributed by atoms with Crippen molar-refractivity contribution in [3.63, 3.8) is 0 Å². The third-order valence-corrected chi connectivity index (χ3v) is 5.56. The molecule has 2 heterocycles. The highest BCUT2D eigenvalue weighted by atomic mass is 35.5. The number of hydrogen-bond acceptors (Lipinski definition) is 5. The van der Waals surface area contributed by atoms with E-state index in [1.54, 1.807) is 12.1 Å². The van der Waals surface area contributed by atoms with Gasteiger partial charge in [-0.2, -0.15) is 18.4 Å². The zero-order chi connectivity index (χ0) is 25.2. The molecule has 0 aliphatic rings. The van der Waals surface area contributed by atoms with E-state index in [-0.39, 0.29) is 28.7 Å². The Morgan fingerprint density at radius 3 is 2.40 bits per heavy atom. The molecular weight excluding hydrogens is 504 g/mol. The molecule has 0 unspecified atom stereocenters. The number of pyridine rings is 1. The molecule has 11 heteroatoms. The zero-order valence-electron chi connectivity index (χ0n) is 17.6. The summed E-state index contributed by atoms with van der Waals surface area (Å²) in [6.07, 6.45) is -0.590. The summed E-state index contributed by atoms with van der Waals surface area (Å²) in [6, 6.07) is 12.7. The second kappa shape index (κ2) is 9.78. The van der Waals surface area contributed by atoms with Crippen molar-refractivity contribution in [3.05, 3.63) is 104 Å². The van der Waals surface area contributed by atoms with Crippen molar-refractivity contribution in [2.45, 2.75) is 12.7 Å². The lowest BCUT2D eigenvalue weighted by molar-refractivity contribution is -0.137. The number of rotatable bonds is 5. The molecule has 4 rings (SSSR count). The van der Waals surface area contributed by atoms with Gasteiger partial charge in [-0.15, -0.1) is 0 Å². The van der Waals surface area contributed by atoms with Crippen LogP contribution in [0.25, 0.3) is 11.3 Å². The minimum Gasteiger partial charge on any atom is -0.438 e. The highest BCUT2D eigenvalue weighted by molar-refractivity contribution is 6.35. The predicted octanol–water partition coefficient (Wildman–Crippen LogP) is 6.34. The topological polar surface area (TPSA) is 80.8 Å². The van der Waals surface area contributed by atoms with Crippen LogP contribution in [0.1, 0.15) is 16.7 Å². The average Bonchev–Trinajstić information content (AvgIpc) is 2.82. The van der Waals surface area contributed by atoms with Gasteiger partial charge < -0.3 is 9.30 Å². The Labute approximate surface area is 206 Å². The van der Waals surface area contributed by atoms with Crippen molar-refractivity contribution in [2.75, 3.05) is 0 Å². The Morgan fingerprint density at radius 2 is 1.80 bits per heavy atom. The predicted molar refractivity (Wildman–Crippen MR) is 124 cm³/mol. The van der Waals surface area contributed by atoms with E-state index >= 15 is 0 Å². The molecule has 2 aromatic carbocycles. The first-order valence-corrected chi connectivity index (χ1v) is 10.7. The molecule has 0 saturated carbocycles. The summed E-state index contributed by atoms with van der Waals surface area (Å²) < 4.78 is 47.8. The van der Waals surface area contributed by atoms with Gasteiger partial charge in [0.15, 0.2) is 0 Å². The Hall–Kier alpha value is -3.87. The third-order valence-electron chi connectivity index (χ3n) is 4.97. The number of halogens is 5. The van der Waals surface area contributed by atoms with Gasteiger partial charge in [-0.25, -0.2) is 4.98 Å². The normalized spacial score (nSPS) is 11.2. The van der Waals surface area contributed by atoms with Crippen molar-refractivity contribution in [3.8, 4) is 29.0 Å². The molecule has 0 saturated heterocycles. The van der Waals surface area contributed by atoms with Crippen LogP contribution < -0.4 is 10.3 Å². The van der Waals surface area contributed by atoms with E-state index in [0.717, 1.165) is 10.6 Å². The Kier molecular flexibility index (Phi) is 6.78. The summed E-state index contributed by atoms with van der Waals surface area (Å²) in [6.45, 7) is -0.186. The number of benzene rings is 2. The van der Waals surface area contributed by atoms with Crippen molar-refractivity contribution < 1.29 is 17.9 Å². The zero-order valence-corrected chi connectivity index (χ0v) is 19.1. The number of nitriles is 1. The minimum atomic E-state index is -4.91. The molecule has 0 radical (unpaired) electrons. The fourth-order valence-electron chi connectivity index (χ4n) is 3.35. The molecule has 0 fully saturated rings. The second-order valence-electron chi connectivity index (χ2n) is 7.22. The summed E-state index contributed by atoms with van der Waals surface area (Å²) in [7, 11) is 0. The quantitative estimate of drug-likeness (QED) is 0.309. The van der Waals surface area contributed by atoms with E-state index in [4.69, 9.17) is 27.9 Å². The first-order chi connectivity index (χ1) is 16.7. The summed E-state index contributed by atoms with van der Waals surface area (Å²) in [5, 5.41) is 9.93. The molecule has 0 bridgehead atoms. The molecule has 4 aromatic rings. The van der Waals surface area contributed by atoms with Crippen molar-refractivity contribution in [2.24, 2.45) is 0 Å². The molecule has 0 spiro atoms. The van der Waals surface area contributed by atoms with E-state index in [9.17, 15) is 23.2 Å². The van der Waals surface area contributed by atoms with Crippen molar-refractivity contribution >= 4 is 23.2 Å². The molecule has 2 aromatic heterocycles. The second-order valence-corrected chi connectivity index (χ2v) is 8.07. The van der Waals surface area contributed by atoms with Gasteiger partial charge in [0.1, 0.15) is 17.4 Å². The summed E-state index contributed by atoms with van der Waals surface area (Å²) in [4.78, 5) is 21.0. The molecule has 35 heavy (non-hydrogen) atoms. The fraction of sp³-hybridized carbons (Fsp3) is 0.0833. The van der Waals surface area contributed by atoms with Crippen LogP contribution >= 0.6 is 23.2 Å². The van der Waals surface area contributed by atoms with Gasteiger partial charge >= 0.3 is 6.18 Å². The summed E-state index contributed by atoms with van der Waals surface area (Å²) in [5.74, 6) is 0.584. The van der Waals surface area contributed by atoms with Crippen LogP contribution in [0, 0.1) is 11.3 Å². The lowest BCUT2D eigenvalue weighted by atomic mass is 10.0. The van der Waals surface area contributed by atoms with Gasteiger partial charge in [0.25, 0.3) is 5.56 Å². The molecule has 0 aliphatic heterocycles. The summed E-state index contributed by atoms with van der Waals surface area (Å²) in [5.41, 5.74) is -2.76. The Bertz CT molecular complexity index is 1480. The van der Waals surface area contributed by atoms with Gasteiger partial charge in [-0.3, -0.25) is 9.78 Å². The average molecular weight is 517 g/mol. The van der Waals surface area contributed by atoms with Crippen LogP contribution in [0.5, 0.6) is 11.6 Å². The van der Waals surface area contributed by atoms with Crippen LogP contribution in [0.15, 0.2) is 71.9 Å². The Balaban J connectivity index is 1.84. The minimum absolute atomic E-state index is 0.0570. The van der Waals surface area contributed by atoms with Crippen LogP contribution in [0.4, 0.5) is 13.2 Å². The van der Waals surface area contributed by atoms with Gasteiger partial charge in [0.05, 0.1) is 24.0 Å². The van der Waals surface area contributed by atoms with Gasteiger partial charge in [0.2, 0.25) is 5.88 Å². The van der Waals surface area contributed by atoms with Gasteiger partial charge in [0, 0.05) is 22.4 Å². The maximum Gasteiger partial charge on any atom is 0.417 e. The SMILES string of the molecule is N#Cc1c(C(F)(F)F)cc(-c2ccc(Oc3cnccn3)cc2)n(Cc2ccc(Cl)cc2Cl)c1=O. The smallest absolute Gasteiger partial charge is 0.417 e. The maximum absolute atomic E-state index is 13.7. The van der Waals surface area contributed by atoms with Gasteiger partial charge in [-0.05, 0) is 53.6 Å². The molecule has 0 atom stereocenters. The largest absolute Gasteiger partial charge is 0.438 e. The lowest BCUT2D eigenvalue weighted by Gasteiger charge is -2.18. The molecular formula is C24H13Cl2F3N4O2. The third kappa shape index (κ3) is 5.29. The lowest BCUT2D eigenvalue weighted by Crippen LogP contribution is -2.28. The molecule has 0 aliphatic carbocycles. The molecule has 6 nitrogen and oxygen atoms in total. The molecule has 0 amide bonds. The van der Waals surface area contributed by atoms with E-state index in [1.807, 2.05) is 0 Å². The van der Waals surface area contributed by atoms with E-state index < -0.39 is 22.9 Å². The number of hydrogen-bond donors (Lipinski definition) is 0. The molecule has 0 N–H and O–H groups in total. The number of alkyl halides is 3. The van der Waals surface area contributed by atoms with Crippen LogP contribution in [-0.4, -0.2) is 14.5 Å². The Morgan fingerprint density at radius 1 is 1.06 bits per heavy atom. The first kappa shape index (κ1) is 24.3. The van der Waals surface area contributed by atoms with Crippen LogP contribution in [0.3, 0.4) is 0 Å².